The van der Waals surface area contributed by atoms with Crippen molar-refractivity contribution in [2.24, 2.45) is 0 Å². The summed E-state index contributed by atoms with van der Waals surface area (Å²) in [6, 6.07) is 14.2. The molecule has 0 aliphatic carbocycles. The second-order valence-electron chi connectivity index (χ2n) is 6.54. The van der Waals surface area contributed by atoms with Gasteiger partial charge in [0.2, 0.25) is 5.91 Å². The molecule has 25 heavy (non-hydrogen) atoms. The van der Waals surface area contributed by atoms with Crippen LogP contribution in [-0.2, 0) is 17.6 Å². The smallest absolute Gasteiger partial charge is 0.224 e. The third-order valence-electron chi connectivity index (χ3n) is 4.52. The van der Waals surface area contributed by atoms with Gasteiger partial charge in [0.05, 0.1) is 19.1 Å². The number of carbonyl (C=O) groups excluding carboxylic acids is 1. The topological polar surface area (TPSA) is 49.3 Å². The van der Waals surface area contributed by atoms with Crippen LogP contribution in [0.1, 0.15) is 22.3 Å². The van der Waals surface area contributed by atoms with Gasteiger partial charge in [0.1, 0.15) is 0 Å². The van der Waals surface area contributed by atoms with Gasteiger partial charge < -0.3 is 10.4 Å². The van der Waals surface area contributed by atoms with Crippen LogP contribution in [0.25, 0.3) is 10.1 Å². The van der Waals surface area contributed by atoms with Crippen molar-refractivity contribution in [1.29, 1.82) is 0 Å². The monoisotopic (exact) mass is 353 g/mol. The van der Waals surface area contributed by atoms with Crippen molar-refractivity contribution in [1.82, 2.24) is 5.32 Å². The van der Waals surface area contributed by atoms with E-state index in [9.17, 15) is 9.90 Å². The van der Waals surface area contributed by atoms with Crippen LogP contribution in [0, 0.1) is 13.8 Å². The summed E-state index contributed by atoms with van der Waals surface area (Å²) in [5, 5.41) is 15.8. The van der Waals surface area contributed by atoms with Gasteiger partial charge in [-0.3, -0.25) is 4.79 Å². The van der Waals surface area contributed by atoms with E-state index in [-0.39, 0.29) is 18.6 Å². The molecule has 0 radical (unpaired) electrons. The second kappa shape index (κ2) is 7.81. The molecular weight excluding hydrogens is 330 g/mol. The van der Waals surface area contributed by atoms with Gasteiger partial charge in [-0.15, -0.1) is 11.3 Å². The molecule has 1 aromatic heterocycles. The summed E-state index contributed by atoms with van der Waals surface area (Å²) in [6.45, 7) is 4.09. The van der Waals surface area contributed by atoms with E-state index in [1.54, 1.807) is 11.3 Å². The normalized spacial score (nSPS) is 12.3. The first kappa shape index (κ1) is 17.6. The number of nitrogens with one attached hydrogen (secondary N) is 1. The summed E-state index contributed by atoms with van der Waals surface area (Å²) in [6.07, 6.45) is 0.960. The Morgan fingerprint density at radius 1 is 1.08 bits per heavy atom. The van der Waals surface area contributed by atoms with Gasteiger partial charge in [-0.05, 0) is 71.5 Å². The van der Waals surface area contributed by atoms with Gasteiger partial charge in [-0.1, -0.05) is 24.3 Å². The van der Waals surface area contributed by atoms with Crippen molar-refractivity contribution in [2.45, 2.75) is 32.7 Å². The first-order valence-electron chi connectivity index (χ1n) is 8.47. The van der Waals surface area contributed by atoms with Crippen LogP contribution in [0.4, 0.5) is 0 Å². The molecule has 3 rings (SSSR count). The molecule has 1 atom stereocenters. The number of thiophene rings is 1. The van der Waals surface area contributed by atoms with Crippen LogP contribution in [0.3, 0.4) is 0 Å². The maximum Gasteiger partial charge on any atom is 0.224 e. The fraction of sp³-hybridized carbons (Fsp3) is 0.286. The molecule has 1 unspecified atom stereocenters. The van der Waals surface area contributed by atoms with E-state index >= 15 is 0 Å². The summed E-state index contributed by atoms with van der Waals surface area (Å²) in [4.78, 5) is 12.3. The first-order chi connectivity index (χ1) is 12.0. The number of hydrogen-bond acceptors (Lipinski definition) is 3. The average molecular weight is 353 g/mol. The van der Waals surface area contributed by atoms with Gasteiger partial charge in [0.15, 0.2) is 0 Å². The quantitative estimate of drug-likeness (QED) is 0.708. The fourth-order valence-corrected chi connectivity index (χ4v) is 3.74. The SMILES string of the molecule is Cc1ccc(CC(CO)NC(=O)Cc2ccc3sccc3c2)cc1C. The lowest BCUT2D eigenvalue weighted by atomic mass is 10.0. The molecular formula is C21H23NO2S. The zero-order chi connectivity index (χ0) is 17.8. The number of rotatable bonds is 6. The molecule has 0 spiro atoms. The van der Waals surface area contributed by atoms with Crippen molar-refractivity contribution in [3.63, 3.8) is 0 Å². The number of aliphatic hydroxyl groups is 1. The summed E-state index contributed by atoms with van der Waals surface area (Å²) < 4.78 is 1.23. The van der Waals surface area contributed by atoms with Crippen molar-refractivity contribution < 1.29 is 9.90 Å². The highest BCUT2D eigenvalue weighted by atomic mass is 32.1. The largest absolute Gasteiger partial charge is 0.394 e. The highest BCUT2D eigenvalue weighted by Gasteiger charge is 2.13. The van der Waals surface area contributed by atoms with Crippen LogP contribution in [-0.4, -0.2) is 23.7 Å². The average Bonchev–Trinajstić information content (AvgIpc) is 3.05. The van der Waals surface area contributed by atoms with E-state index in [4.69, 9.17) is 0 Å². The van der Waals surface area contributed by atoms with E-state index in [0.717, 1.165) is 11.1 Å². The predicted molar refractivity (Wildman–Crippen MR) is 104 cm³/mol. The van der Waals surface area contributed by atoms with Crippen LogP contribution in [0.2, 0.25) is 0 Å². The molecule has 1 amide bonds. The second-order valence-corrected chi connectivity index (χ2v) is 7.49. The molecule has 2 N–H and O–H groups in total. The number of hydrogen-bond donors (Lipinski definition) is 2. The Labute approximate surface area is 152 Å². The van der Waals surface area contributed by atoms with E-state index in [1.807, 2.05) is 6.07 Å². The Bertz CT molecular complexity index is 884. The van der Waals surface area contributed by atoms with E-state index in [0.29, 0.717) is 12.8 Å². The van der Waals surface area contributed by atoms with Crippen LogP contribution in [0.5, 0.6) is 0 Å². The minimum Gasteiger partial charge on any atom is -0.394 e. The Morgan fingerprint density at radius 2 is 1.88 bits per heavy atom. The lowest BCUT2D eigenvalue weighted by Crippen LogP contribution is -2.39. The van der Waals surface area contributed by atoms with Crippen LogP contribution >= 0.6 is 11.3 Å². The van der Waals surface area contributed by atoms with E-state index < -0.39 is 0 Å². The third kappa shape index (κ3) is 4.47. The van der Waals surface area contributed by atoms with Gasteiger partial charge in [0.25, 0.3) is 0 Å². The number of amides is 1. The molecule has 3 nitrogen and oxygen atoms in total. The van der Waals surface area contributed by atoms with Crippen molar-refractivity contribution in [3.05, 3.63) is 70.1 Å². The molecule has 0 bridgehead atoms. The molecule has 2 aromatic carbocycles. The molecule has 130 valence electrons. The summed E-state index contributed by atoms with van der Waals surface area (Å²) >= 11 is 1.70. The van der Waals surface area contributed by atoms with E-state index in [2.05, 4.69) is 60.9 Å². The predicted octanol–water partition coefficient (Wildman–Crippen LogP) is 3.78. The van der Waals surface area contributed by atoms with Gasteiger partial charge in [-0.2, -0.15) is 0 Å². The Morgan fingerprint density at radius 3 is 2.64 bits per heavy atom. The molecule has 0 saturated heterocycles. The molecule has 0 aliphatic rings. The van der Waals surface area contributed by atoms with Gasteiger partial charge in [-0.25, -0.2) is 0 Å². The van der Waals surface area contributed by atoms with Crippen molar-refractivity contribution in [2.75, 3.05) is 6.61 Å². The number of aryl methyl sites for hydroxylation is 2. The number of aliphatic hydroxyl groups excluding tert-OH is 1. The molecule has 0 fully saturated rings. The fourth-order valence-electron chi connectivity index (χ4n) is 2.97. The summed E-state index contributed by atoms with van der Waals surface area (Å²) in [7, 11) is 0. The molecule has 0 aliphatic heterocycles. The maximum absolute atomic E-state index is 12.3. The zero-order valence-electron chi connectivity index (χ0n) is 14.6. The van der Waals surface area contributed by atoms with E-state index in [1.165, 1.54) is 21.2 Å². The number of fused-ring (bicyclic) bond motifs is 1. The lowest BCUT2D eigenvalue weighted by Gasteiger charge is -2.17. The standard InChI is InChI=1S/C21H23NO2S/c1-14-3-4-16(9-15(14)2)11-19(13-23)22-21(24)12-17-5-6-20-18(10-17)7-8-25-20/h3-10,19,23H,11-13H2,1-2H3,(H,22,24). The maximum atomic E-state index is 12.3. The highest BCUT2D eigenvalue weighted by molar-refractivity contribution is 7.17. The number of benzene rings is 2. The number of carbonyl (C=O) groups is 1. The minimum absolute atomic E-state index is 0.0579. The Kier molecular flexibility index (Phi) is 5.51. The molecule has 4 heteroatoms. The molecule has 3 aromatic rings. The lowest BCUT2D eigenvalue weighted by molar-refractivity contribution is -0.121. The molecule has 1 heterocycles. The van der Waals surface area contributed by atoms with Crippen molar-refractivity contribution in [3.8, 4) is 0 Å². The van der Waals surface area contributed by atoms with Crippen LogP contribution in [0.15, 0.2) is 47.8 Å². The molecule has 0 saturated carbocycles. The Balaban J connectivity index is 1.62. The first-order valence-corrected chi connectivity index (χ1v) is 9.35. The van der Waals surface area contributed by atoms with Gasteiger partial charge in [0, 0.05) is 4.70 Å². The third-order valence-corrected chi connectivity index (χ3v) is 5.42. The Hall–Kier alpha value is -2.17. The van der Waals surface area contributed by atoms with Crippen LogP contribution < -0.4 is 5.32 Å². The van der Waals surface area contributed by atoms with Crippen molar-refractivity contribution >= 4 is 27.3 Å². The highest BCUT2D eigenvalue weighted by Crippen LogP contribution is 2.22. The summed E-state index contributed by atoms with van der Waals surface area (Å²) in [5.41, 5.74) is 4.59. The van der Waals surface area contributed by atoms with Gasteiger partial charge >= 0.3 is 0 Å². The minimum atomic E-state index is -0.264. The zero-order valence-corrected chi connectivity index (χ0v) is 15.4. The summed E-state index contributed by atoms with van der Waals surface area (Å²) in [5.74, 6) is -0.0579.